The molecule has 1 heterocycles. The summed E-state index contributed by atoms with van der Waals surface area (Å²) in [5.74, 6) is 0.927. The van der Waals surface area contributed by atoms with Gasteiger partial charge in [-0.05, 0) is 138 Å². The molecule has 1 aromatic heterocycles. The van der Waals surface area contributed by atoms with E-state index in [9.17, 15) is 9.18 Å². The molecule has 0 aliphatic carbocycles. The van der Waals surface area contributed by atoms with Gasteiger partial charge in [-0.2, -0.15) is 0 Å². The van der Waals surface area contributed by atoms with Gasteiger partial charge < -0.3 is 19.3 Å². The Bertz CT molecular complexity index is 1420. The minimum atomic E-state index is -0.870. The summed E-state index contributed by atoms with van der Waals surface area (Å²) in [4.78, 5) is 11.1. The normalized spacial score (nSPS) is 11.0. The van der Waals surface area contributed by atoms with Crippen LogP contribution in [0.1, 0.15) is 16.8 Å². The molecular weight excluding hydrogens is 961 g/mol. The molecule has 0 spiro atoms. The molecule has 3 aromatic carbocycles. The van der Waals surface area contributed by atoms with Crippen molar-refractivity contribution >= 4 is 96.3 Å². The van der Waals surface area contributed by atoms with E-state index in [4.69, 9.17) is 19.3 Å². The number of aromatic nitrogens is 3. The number of hydrogen-bond acceptors (Lipinski definition) is 6. The van der Waals surface area contributed by atoms with Gasteiger partial charge in [0.25, 0.3) is 0 Å². The Balaban J connectivity index is 1.31. The second kappa shape index (κ2) is 14.5. The van der Waals surface area contributed by atoms with Gasteiger partial charge >= 0.3 is 5.97 Å². The third kappa shape index (κ3) is 9.09. The van der Waals surface area contributed by atoms with E-state index < -0.39 is 5.97 Å². The highest BCUT2D eigenvalue weighted by atomic mass is 127. The first-order valence-electron chi connectivity index (χ1n) is 11.4. The Morgan fingerprint density at radius 3 is 2.18 bits per heavy atom. The Morgan fingerprint density at radius 2 is 1.54 bits per heavy atom. The highest BCUT2D eigenvalue weighted by Gasteiger charge is 2.16. The van der Waals surface area contributed by atoms with E-state index in [1.807, 2.05) is 30.5 Å². The zero-order chi connectivity index (χ0) is 27.9. The summed E-state index contributed by atoms with van der Waals surface area (Å²) in [5, 5.41) is 17.4. The molecule has 0 fully saturated rings. The van der Waals surface area contributed by atoms with Crippen molar-refractivity contribution in [3.8, 4) is 17.2 Å². The predicted molar refractivity (Wildman–Crippen MR) is 176 cm³/mol. The molecule has 0 amide bonds. The van der Waals surface area contributed by atoms with E-state index in [0.717, 1.165) is 31.2 Å². The SMILES string of the molecule is O=C(O)Cc1cc(I)c(Oc2cc(I)c(OCc3cn(CCOCc4ccc(F)cc4)nn3)c(I)c2)c(I)c1. The fourth-order valence-electron chi connectivity index (χ4n) is 3.43. The van der Waals surface area contributed by atoms with Crippen LogP contribution in [0.3, 0.4) is 0 Å². The van der Waals surface area contributed by atoms with Gasteiger partial charge in [0.05, 0.1) is 46.7 Å². The summed E-state index contributed by atoms with van der Waals surface area (Å²) in [6, 6.07) is 13.7. The molecule has 4 rings (SSSR count). The van der Waals surface area contributed by atoms with E-state index in [1.54, 1.807) is 16.8 Å². The average Bonchev–Trinajstić information content (AvgIpc) is 3.32. The first-order chi connectivity index (χ1) is 18.7. The summed E-state index contributed by atoms with van der Waals surface area (Å²) in [6.45, 7) is 1.63. The zero-order valence-electron chi connectivity index (χ0n) is 20.0. The van der Waals surface area contributed by atoms with Gasteiger partial charge in [0.1, 0.15) is 29.6 Å². The summed E-state index contributed by atoms with van der Waals surface area (Å²) in [5.41, 5.74) is 2.32. The molecule has 0 saturated heterocycles. The van der Waals surface area contributed by atoms with Crippen molar-refractivity contribution in [2.24, 2.45) is 0 Å². The highest BCUT2D eigenvalue weighted by Crippen LogP contribution is 2.37. The maximum atomic E-state index is 13.0. The van der Waals surface area contributed by atoms with Gasteiger partial charge in [-0.25, -0.2) is 9.07 Å². The molecule has 0 aliphatic heterocycles. The predicted octanol–water partition coefficient (Wildman–Crippen LogP) is 7.05. The summed E-state index contributed by atoms with van der Waals surface area (Å²) < 4.78 is 36.0. The van der Waals surface area contributed by atoms with Crippen LogP contribution < -0.4 is 9.47 Å². The second-order valence-electron chi connectivity index (χ2n) is 8.22. The maximum Gasteiger partial charge on any atom is 0.307 e. The molecule has 0 bridgehead atoms. The van der Waals surface area contributed by atoms with Crippen molar-refractivity contribution in [3.63, 3.8) is 0 Å². The number of aliphatic carboxylic acids is 1. The van der Waals surface area contributed by atoms with Crippen LogP contribution in [0.2, 0.25) is 0 Å². The number of hydrogen-bond donors (Lipinski definition) is 1. The maximum absolute atomic E-state index is 13.0. The number of carbonyl (C=O) groups is 1. The van der Waals surface area contributed by atoms with Crippen LogP contribution in [0.4, 0.5) is 4.39 Å². The number of carboxylic acids is 1. The lowest BCUT2D eigenvalue weighted by atomic mass is 10.1. The zero-order valence-corrected chi connectivity index (χ0v) is 28.7. The summed E-state index contributed by atoms with van der Waals surface area (Å²) in [7, 11) is 0. The van der Waals surface area contributed by atoms with Crippen molar-refractivity contribution in [2.45, 2.75) is 26.2 Å². The molecule has 0 atom stereocenters. The van der Waals surface area contributed by atoms with Crippen LogP contribution in [0.25, 0.3) is 0 Å². The fraction of sp³-hybridized carbons (Fsp3) is 0.192. The van der Waals surface area contributed by atoms with Crippen molar-refractivity contribution in [1.29, 1.82) is 0 Å². The van der Waals surface area contributed by atoms with Crippen LogP contribution in [-0.4, -0.2) is 32.7 Å². The monoisotopic (exact) mass is 981 g/mol. The molecule has 1 N–H and O–H groups in total. The highest BCUT2D eigenvalue weighted by molar-refractivity contribution is 14.1. The summed E-state index contributed by atoms with van der Waals surface area (Å²) >= 11 is 8.74. The molecule has 0 aliphatic rings. The molecule has 13 heteroatoms. The number of ether oxygens (including phenoxy) is 3. The molecule has 0 radical (unpaired) electrons. The standard InChI is InChI=1S/C26H20FI4N3O5/c27-17-3-1-15(2-4-17)13-37-6-5-34-12-18(32-33-34)14-38-25-22(30)10-19(11-23(25)31)39-26-20(28)7-16(8-21(26)29)9-24(35)36/h1-4,7-8,10-12H,5-6,9,13-14H2,(H,35,36). The first-order valence-corrected chi connectivity index (χ1v) is 15.7. The van der Waals surface area contributed by atoms with Gasteiger partial charge in [-0.1, -0.05) is 17.3 Å². The van der Waals surface area contributed by atoms with Gasteiger partial charge in [-0.3, -0.25) is 4.79 Å². The van der Waals surface area contributed by atoms with Gasteiger partial charge in [0.2, 0.25) is 0 Å². The lowest BCUT2D eigenvalue weighted by Gasteiger charge is -2.15. The smallest absolute Gasteiger partial charge is 0.307 e. The Labute approximate surface area is 278 Å². The van der Waals surface area contributed by atoms with Gasteiger partial charge in [0, 0.05) is 0 Å². The van der Waals surface area contributed by atoms with Crippen molar-refractivity contribution < 1.29 is 28.5 Å². The van der Waals surface area contributed by atoms with Gasteiger partial charge in [-0.15, -0.1) is 5.10 Å². The van der Waals surface area contributed by atoms with Crippen molar-refractivity contribution in [3.05, 3.63) is 91.6 Å². The van der Waals surface area contributed by atoms with E-state index in [0.29, 0.717) is 37.0 Å². The topological polar surface area (TPSA) is 95.7 Å². The van der Waals surface area contributed by atoms with E-state index in [1.165, 1.54) is 12.1 Å². The Kier molecular flexibility index (Phi) is 11.4. The lowest BCUT2D eigenvalue weighted by molar-refractivity contribution is -0.136. The van der Waals surface area contributed by atoms with E-state index in [2.05, 4.69) is 101 Å². The number of rotatable bonds is 12. The number of carboxylic acid groups (broad SMARTS) is 1. The van der Waals surface area contributed by atoms with Crippen LogP contribution >= 0.6 is 90.4 Å². The number of nitrogens with zero attached hydrogens (tertiary/aromatic N) is 3. The average molecular weight is 981 g/mol. The number of benzene rings is 3. The Morgan fingerprint density at radius 1 is 0.897 bits per heavy atom. The van der Waals surface area contributed by atoms with Crippen molar-refractivity contribution in [2.75, 3.05) is 6.61 Å². The second-order valence-corrected chi connectivity index (χ2v) is 12.9. The molecule has 0 saturated carbocycles. The number of halogens is 5. The van der Waals surface area contributed by atoms with E-state index >= 15 is 0 Å². The molecular formula is C26H20FI4N3O5. The minimum absolute atomic E-state index is 0.0346. The third-order valence-corrected chi connectivity index (χ3v) is 8.41. The van der Waals surface area contributed by atoms with Crippen LogP contribution in [0.5, 0.6) is 17.2 Å². The molecule has 4 aromatic rings. The summed E-state index contributed by atoms with van der Waals surface area (Å²) in [6.07, 6.45) is 1.78. The largest absolute Gasteiger partial charge is 0.485 e. The minimum Gasteiger partial charge on any atom is -0.485 e. The first kappa shape index (κ1) is 30.6. The molecule has 8 nitrogen and oxygen atoms in total. The third-order valence-electron chi connectivity index (χ3n) is 5.20. The molecule has 39 heavy (non-hydrogen) atoms. The van der Waals surface area contributed by atoms with Crippen molar-refractivity contribution in [1.82, 2.24) is 15.0 Å². The molecule has 204 valence electrons. The van der Waals surface area contributed by atoms with Crippen LogP contribution in [0, 0.1) is 20.1 Å². The van der Waals surface area contributed by atoms with E-state index in [-0.39, 0.29) is 18.8 Å². The fourth-order valence-corrected chi connectivity index (χ4v) is 7.57. The van der Waals surface area contributed by atoms with Crippen LogP contribution in [-0.2, 0) is 35.7 Å². The Hall–Kier alpha value is -1.32. The van der Waals surface area contributed by atoms with Crippen LogP contribution in [0.15, 0.2) is 54.7 Å². The lowest BCUT2D eigenvalue weighted by Crippen LogP contribution is -2.06. The van der Waals surface area contributed by atoms with Gasteiger partial charge in [0.15, 0.2) is 5.75 Å². The molecule has 0 unspecified atom stereocenters. The quantitative estimate of drug-likeness (QED) is 0.120.